The highest BCUT2D eigenvalue weighted by atomic mass is 32.2. The van der Waals surface area contributed by atoms with Gasteiger partial charge in [0.25, 0.3) is 5.95 Å². The summed E-state index contributed by atoms with van der Waals surface area (Å²) in [5, 5.41) is 21.4. The van der Waals surface area contributed by atoms with Crippen LogP contribution in [0.25, 0.3) is 0 Å². The summed E-state index contributed by atoms with van der Waals surface area (Å²) in [5.41, 5.74) is 2.03. The fourth-order valence-corrected chi connectivity index (χ4v) is 4.78. The van der Waals surface area contributed by atoms with Crippen molar-refractivity contribution in [2.45, 2.75) is 13.0 Å². The molecule has 0 bridgehead atoms. The Bertz CT molecular complexity index is 1070. The molecule has 11 nitrogen and oxygen atoms in total. The van der Waals surface area contributed by atoms with Crippen molar-refractivity contribution in [3.63, 3.8) is 0 Å². The standard InChI is InChI=1S/C17H21N7O4S/c1-11-14(16(25)26)15(24-17(18-11)19-20-21-24)12-5-3-4-6-13(12)22-7-9-23(10-8-22)29(2,27)28/h3-6,14-15H,7-10H2,1-2H3,(H,25,26). The molecule has 0 radical (unpaired) electrons. The van der Waals surface area contributed by atoms with Crippen molar-refractivity contribution in [1.29, 1.82) is 0 Å². The number of carboxylic acid groups (broad SMARTS) is 1. The molecule has 0 amide bonds. The lowest BCUT2D eigenvalue weighted by atomic mass is 9.87. The van der Waals surface area contributed by atoms with Crippen molar-refractivity contribution >= 4 is 33.3 Å². The van der Waals surface area contributed by atoms with E-state index in [9.17, 15) is 18.3 Å². The zero-order valence-electron chi connectivity index (χ0n) is 16.0. The van der Waals surface area contributed by atoms with E-state index in [1.807, 2.05) is 24.3 Å². The van der Waals surface area contributed by atoms with Crippen molar-refractivity contribution in [2.75, 3.05) is 37.3 Å². The lowest BCUT2D eigenvalue weighted by Crippen LogP contribution is -2.49. The van der Waals surface area contributed by atoms with Gasteiger partial charge in [0.2, 0.25) is 10.0 Å². The first-order valence-electron chi connectivity index (χ1n) is 9.12. The number of hydrogen-bond acceptors (Lipinski definition) is 8. The molecule has 12 heteroatoms. The Labute approximate surface area is 167 Å². The number of hydrogen-bond donors (Lipinski definition) is 1. The van der Waals surface area contributed by atoms with Gasteiger partial charge >= 0.3 is 5.97 Å². The molecule has 2 atom stereocenters. The van der Waals surface area contributed by atoms with Gasteiger partial charge in [0.15, 0.2) is 0 Å². The van der Waals surface area contributed by atoms with E-state index in [1.54, 1.807) is 6.92 Å². The minimum absolute atomic E-state index is 0.265. The Morgan fingerprint density at radius 2 is 1.86 bits per heavy atom. The smallest absolute Gasteiger partial charge is 0.314 e. The maximum absolute atomic E-state index is 12.1. The highest BCUT2D eigenvalue weighted by Crippen LogP contribution is 2.39. The van der Waals surface area contributed by atoms with E-state index in [-0.39, 0.29) is 5.95 Å². The number of aromatic nitrogens is 4. The van der Waals surface area contributed by atoms with Crippen molar-refractivity contribution in [1.82, 2.24) is 24.5 Å². The lowest BCUT2D eigenvalue weighted by molar-refractivity contribution is -0.140. The number of fused-ring (bicyclic) bond motifs is 1. The molecule has 1 saturated heterocycles. The van der Waals surface area contributed by atoms with Crippen LogP contribution in [0.15, 0.2) is 29.3 Å². The van der Waals surface area contributed by atoms with E-state index in [0.717, 1.165) is 11.3 Å². The summed E-state index contributed by atoms with van der Waals surface area (Å²) < 4.78 is 26.5. The molecule has 1 fully saturated rings. The van der Waals surface area contributed by atoms with Gasteiger partial charge in [0, 0.05) is 43.1 Å². The number of rotatable bonds is 4. The lowest BCUT2D eigenvalue weighted by Gasteiger charge is -2.37. The predicted octanol–water partition coefficient (Wildman–Crippen LogP) is 0.151. The van der Waals surface area contributed by atoms with Crippen LogP contribution in [0.1, 0.15) is 18.5 Å². The van der Waals surface area contributed by atoms with E-state index in [4.69, 9.17) is 0 Å². The van der Waals surface area contributed by atoms with Crippen LogP contribution < -0.4 is 4.90 Å². The monoisotopic (exact) mass is 419 g/mol. The third-order valence-corrected chi connectivity index (χ3v) is 6.65. The first kappa shape index (κ1) is 19.5. The van der Waals surface area contributed by atoms with Crippen LogP contribution in [-0.2, 0) is 14.8 Å². The molecule has 0 aliphatic carbocycles. The first-order chi connectivity index (χ1) is 13.8. The maximum Gasteiger partial charge on any atom is 0.314 e. The number of benzene rings is 1. The topological polar surface area (TPSA) is 134 Å². The van der Waals surface area contributed by atoms with Crippen LogP contribution in [-0.4, -0.2) is 82.2 Å². The van der Waals surface area contributed by atoms with E-state index in [1.165, 1.54) is 15.2 Å². The van der Waals surface area contributed by atoms with Crippen LogP contribution in [0, 0.1) is 5.92 Å². The van der Waals surface area contributed by atoms with Crippen molar-refractivity contribution < 1.29 is 18.3 Å². The molecule has 3 heterocycles. The van der Waals surface area contributed by atoms with Crippen LogP contribution in [0.4, 0.5) is 11.6 Å². The third-order valence-electron chi connectivity index (χ3n) is 5.35. The fourth-order valence-electron chi connectivity index (χ4n) is 3.95. The van der Waals surface area contributed by atoms with Gasteiger partial charge in [-0.05, 0) is 23.4 Å². The number of tetrazole rings is 1. The Balaban J connectivity index is 1.73. The maximum atomic E-state index is 12.1. The molecule has 1 aromatic carbocycles. The van der Waals surface area contributed by atoms with Gasteiger partial charge in [-0.25, -0.2) is 18.1 Å². The molecular formula is C17H21N7O4S. The molecule has 2 aliphatic rings. The average Bonchev–Trinajstić information content (AvgIpc) is 3.14. The van der Waals surface area contributed by atoms with E-state index >= 15 is 0 Å². The molecule has 154 valence electrons. The van der Waals surface area contributed by atoms with E-state index < -0.39 is 28.0 Å². The number of carbonyl (C=O) groups is 1. The summed E-state index contributed by atoms with van der Waals surface area (Å²) >= 11 is 0. The van der Waals surface area contributed by atoms with Crippen molar-refractivity contribution in [2.24, 2.45) is 10.9 Å². The Kier molecular flexibility index (Phi) is 4.82. The van der Waals surface area contributed by atoms with Gasteiger partial charge in [0.1, 0.15) is 12.0 Å². The number of aliphatic imine (C=N–C) groups is 1. The van der Waals surface area contributed by atoms with Crippen LogP contribution >= 0.6 is 0 Å². The number of carboxylic acids is 1. The van der Waals surface area contributed by atoms with Gasteiger partial charge in [-0.3, -0.25) is 4.79 Å². The van der Waals surface area contributed by atoms with Crippen LogP contribution in [0.5, 0.6) is 0 Å². The summed E-state index contributed by atoms with van der Waals surface area (Å²) in [6, 6.07) is 6.84. The van der Waals surface area contributed by atoms with Gasteiger partial charge in [-0.1, -0.05) is 23.3 Å². The Morgan fingerprint density at radius 1 is 1.17 bits per heavy atom. The van der Waals surface area contributed by atoms with Crippen LogP contribution in [0.3, 0.4) is 0 Å². The first-order valence-corrected chi connectivity index (χ1v) is 11.0. The van der Waals surface area contributed by atoms with Gasteiger partial charge in [-0.15, -0.1) is 0 Å². The number of sulfonamides is 1. The van der Waals surface area contributed by atoms with Crippen molar-refractivity contribution in [3.05, 3.63) is 29.8 Å². The molecule has 0 spiro atoms. The van der Waals surface area contributed by atoms with E-state index in [0.29, 0.717) is 31.9 Å². The number of nitrogens with zero attached hydrogens (tertiary/aromatic N) is 7. The number of para-hydroxylation sites is 1. The summed E-state index contributed by atoms with van der Waals surface area (Å²) in [5.74, 6) is -1.65. The Hall–Kier alpha value is -2.86. The molecule has 2 aliphatic heterocycles. The number of anilines is 1. The molecule has 2 unspecified atom stereocenters. The predicted molar refractivity (Wildman–Crippen MR) is 105 cm³/mol. The van der Waals surface area contributed by atoms with Gasteiger partial charge in [0.05, 0.1) is 6.26 Å². The number of aliphatic carboxylic acids is 1. The zero-order valence-corrected chi connectivity index (χ0v) is 16.8. The second-order valence-corrected chi connectivity index (χ2v) is 9.13. The summed E-state index contributed by atoms with van der Waals surface area (Å²) in [6.45, 7) is 3.42. The summed E-state index contributed by atoms with van der Waals surface area (Å²) in [7, 11) is -3.24. The normalized spacial score (nSPS) is 22.8. The molecule has 29 heavy (non-hydrogen) atoms. The molecule has 1 N–H and O–H groups in total. The highest BCUT2D eigenvalue weighted by molar-refractivity contribution is 7.88. The minimum Gasteiger partial charge on any atom is -0.481 e. The summed E-state index contributed by atoms with van der Waals surface area (Å²) in [4.78, 5) is 18.4. The molecule has 4 rings (SSSR count). The molecule has 1 aromatic heterocycles. The van der Waals surface area contributed by atoms with Crippen LogP contribution in [0.2, 0.25) is 0 Å². The van der Waals surface area contributed by atoms with Gasteiger partial charge in [-0.2, -0.15) is 4.31 Å². The molecule has 2 aromatic rings. The highest BCUT2D eigenvalue weighted by Gasteiger charge is 2.41. The SMILES string of the molecule is CC1=Nc2nnnn2C(c2ccccc2N2CCN(S(C)(=O)=O)CC2)C1C(=O)O. The molecule has 0 saturated carbocycles. The van der Waals surface area contributed by atoms with Crippen molar-refractivity contribution in [3.8, 4) is 0 Å². The third kappa shape index (κ3) is 3.49. The zero-order chi connectivity index (χ0) is 20.8. The largest absolute Gasteiger partial charge is 0.481 e. The second-order valence-electron chi connectivity index (χ2n) is 7.15. The average molecular weight is 419 g/mol. The molecular weight excluding hydrogens is 398 g/mol. The summed E-state index contributed by atoms with van der Waals surface area (Å²) in [6.07, 6.45) is 1.21. The van der Waals surface area contributed by atoms with Gasteiger partial charge < -0.3 is 10.0 Å². The Morgan fingerprint density at radius 3 is 2.52 bits per heavy atom. The quantitative estimate of drug-likeness (QED) is 0.740. The fraction of sp³-hybridized carbons (Fsp3) is 0.471. The van der Waals surface area contributed by atoms with E-state index in [2.05, 4.69) is 25.4 Å². The minimum atomic E-state index is -3.24. The number of piperazine rings is 1. The second kappa shape index (κ2) is 7.19.